The van der Waals surface area contributed by atoms with E-state index in [9.17, 15) is 14.4 Å². The van der Waals surface area contributed by atoms with Gasteiger partial charge in [-0.2, -0.15) is 0 Å². The Hall–Kier alpha value is -2.63. The second-order valence-electron chi connectivity index (χ2n) is 17.4. The molecule has 0 saturated carbocycles. The average Bonchev–Trinajstić information content (AvgIpc) is 3.26. The Labute approximate surface area is 378 Å². The van der Waals surface area contributed by atoms with E-state index in [1.165, 1.54) is 122 Å². The predicted octanol–water partition coefficient (Wildman–Crippen LogP) is 17.1. The molecule has 0 heterocycles. The van der Waals surface area contributed by atoms with E-state index in [1.807, 2.05) is 0 Å². The van der Waals surface area contributed by atoms with Crippen molar-refractivity contribution in [1.82, 2.24) is 0 Å². The lowest BCUT2D eigenvalue weighted by molar-refractivity contribution is -0.167. The summed E-state index contributed by atoms with van der Waals surface area (Å²) in [7, 11) is 0. The third kappa shape index (κ3) is 48.3. The van der Waals surface area contributed by atoms with Gasteiger partial charge in [0.15, 0.2) is 6.10 Å². The van der Waals surface area contributed by atoms with Gasteiger partial charge in [-0.25, -0.2) is 0 Å². The van der Waals surface area contributed by atoms with Crippen molar-refractivity contribution < 1.29 is 28.6 Å². The molecule has 0 radical (unpaired) electrons. The first-order valence-electron chi connectivity index (χ1n) is 26.1. The lowest BCUT2D eigenvalue weighted by Gasteiger charge is -2.18. The highest BCUT2D eigenvalue weighted by molar-refractivity contribution is 5.71. The third-order valence-electron chi connectivity index (χ3n) is 11.3. The lowest BCUT2D eigenvalue weighted by Crippen LogP contribution is -2.30. The first-order chi connectivity index (χ1) is 30.0. The molecule has 0 aliphatic carbocycles. The minimum absolute atomic E-state index is 0.0829. The molecule has 0 amide bonds. The summed E-state index contributed by atoms with van der Waals surface area (Å²) in [4.78, 5) is 38.0. The van der Waals surface area contributed by atoms with Crippen LogP contribution in [0, 0.1) is 0 Å². The molecule has 0 aliphatic rings. The summed E-state index contributed by atoms with van der Waals surface area (Å²) in [5.74, 6) is -0.901. The maximum Gasteiger partial charge on any atom is 0.306 e. The summed E-state index contributed by atoms with van der Waals surface area (Å²) in [5, 5.41) is 0. The molecule has 0 aromatic carbocycles. The van der Waals surface area contributed by atoms with Crippen molar-refractivity contribution in [2.75, 3.05) is 13.2 Å². The van der Waals surface area contributed by atoms with Crippen LogP contribution in [0.3, 0.4) is 0 Å². The van der Waals surface area contributed by atoms with Crippen LogP contribution in [0.2, 0.25) is 0 Å². The summed E-state index contributed by atoms with van der Waals surface area (Å²) >= 11 is 0. The lowest BCUT2D eigenvalue weighted by atomic mass is 10.0. The number of unbranched alkanes of at least 4 members (excludes halogenated alkanes) is 28. The van der Waals surface area contributed by atoms with Crippen LogP contribution in [-0.2, 0) is 28.6 Å². The fourth-order valence-electron chi connectivity index (χ4n) is 7.33. The van der Waals surface area contributed by atoms with Crippen molar-refractivity contribution in [3.8, 4) is 0 Å². The molecule has 61 heavy (non-hydrogen) atoms. The summed E-state index contributed by atoms with van der Waals surface area (Å²) < 4.78 is 16.8. The number of esters is 3. The van der Waals surface area contributed by atoms with Crippen LogP contribution in [-0.4, -0.2) is 37.2 Å². The SMILES string of the molecule is CCC/C=C\C/C=C\CCCCCCCC(=O)OCC(COC(=O)CCCCCCC/C=C\C/C=C\CCCCC)OC(=O)CCCCCCCCCCCCCCCCC. The number of hydrogen-bond acceptors (Lipinski definition) is 6. The Bertz CT molecular complexity index is 1070. The Morgan fingerprint density at radius 1 is 0.328 bits per heavy atom. The van der Waals surface area contributed by atoms with E-state index in [-0.39, 0.29) is 31.1 Å². The molecule has 0 aromatic rings. The fraction of sp³-hybridized carbons (Fsp3) is 0.800. The normalized spacial score (nSPS) is 12.4. The minimum Gasteiger partial charge on any atom is -0.462 e. The maximum atomic E-state index is 12.8. The standard InChI is InChI=1S/C55H98O6/c1-4-7-10-13-16-19-22-25-27-30-33-36-39-42-45-48-54(57)60-51-52(50-59-53(56)47-44-41-38-35-32-29-24-21-18-15-12-9-6-3)61-55(58)49-46-43-40-37-34-31-28-26-23-20-17-14-11-8-5-2/h12,15-16,19,21,24-25,27,52H,4-11,13-14,17-18,20,22-23,26,28-51H2,1-3H3/b15-12-,19-16-,24-21-,27-25-. The van der Waals surface area contributed by atoms with Crippen molar-refractivity contribution >= 4 is 17.9 Å². The van der Waals surface area contributed by atoms with Gasteiger partial charge in [0, 0.05) is 19.3 Å². The number of ether oxygens (including phenoxy) is 3. The van der Waals surface area contributed by atoms with Crippen LogP contribution >= 0.6 is 0 Å². The van der Waals surface area contributed by atoms with Gasteiger partial charge in [-0.05, 0) is 77.0 Å². The summed E-state index contributed by atoms with van der Waals surface area (Å²) in [6.07, 6.45) is 59.4. The van der Waals surface area contributed by atoms with Crippen LogP contribution in [0.5, 0.6) is 0 Å². The zero-order valence-electron chi connectivity index (χ0n) is 40.4. The molecule has 6 heteroatoms. The second kappa shape index (κ2) is 50.0. The van der Waals surface area contributed by atoms with Gasteiger partial charge in [0.25, 0.3) is 0 Å². The van der Waals surface area contributed by atoms with E-state index < -0.39 is 6.10 Å². The molecule has 1 unspecified atom stereocenters. The van der Waals surface area contributed by atoms with Crippen molar-refractivity contribution in [2.45, 2.75) is 271 Å². The first-order valence-corrected chi connectivity index (χ1v) is 26.1. The van der Waals surface area contributed by atoms with Gasteiger partial charge in [0.05, 0.1) is 0 Å². The smallest absolute Gasteiger partial charge is 0.306 e. The van der Waals surface area contributed by atoms with E-state index in [2.05, 4.69) is 69.4 Å². The average molecular weight is 855 g/mol. The highest BCUT2D eigenvalue weighted by atomic mass is 16.6. The highest BCUT2D eigenvalue weighted by Gasteiger charge is 2.19. The zero-order valence-corrected chi connectivity index (χ0v) is 40.4. The predicted molar refractivity (Wildman–Crippen MR) is 261 cm³/mol. The molecular weight excluding hydrogens is 757 g/mol. The molecule has 0 aromatic heterocycles. The van der Waals surface area contributed by atoms with Crippen LogP contribution in [0.1, 0.15) is 265 Å². The highest BCUT2D eigenvalue weighted by Crippen LogP contribution is 2.15. The Morgan fingerprint density at radius 2 is 0.623 bits per heavy atom. The Morgan fingerprint density at radius 3 is 1.00 bits per heavy atom. The number of carbonyl (C=O) groups is 3. The van der Waals surface area contributed by atoms with Gasteiger partial charge in [-0.3, -0.25) is 14.4 Å². The van der Waals surface area contributed by atoms with E-state index in [0.29, 0.717) is 19.3 Å². The minimum atomic E-state index is -0.781. The summed E-state index contributed by atoms with van der Waals surface area (Å²) in [6.45, 7) is 6.54. The van der Waals surface area contributed by atoms with Crippen molar-refractivity contribution in [3.63, 3.8) is 0 Å². The van der Waals surface area contributed by atoms with Gasteiger partial charge < -0.3 is 14.2 Å². The molecule has 1 atom stereocenters. The Kier molecular flexibility index (Phi) is 47.9. The van der Waals surface area contributed by atoms with Crippen molar-refractivity contribution in [1.29, 1.82) is 0 Å². The van der Waals surface area contributed by atoms with Gasteiger partial charge in [-0.15, -0.1) is 0 Å². The fourth-order valence-corrected chi connectivity index (χ4v) is 7.33. The Balaban J connectivity index is 4.40. The second-order valence-corrected chi connectivity index (χ2v) is 17.4. The molecule has 6 nitrogen and oxygen atoms in total. The maximum absolute atomic E-state index is 12.8. The zero-order chi connectivity index (χ0) is 44.4. The van der Waals surface area contributed by atoms with Crippen LogP contribution in [0.25, 0.3) is 0 Å². The van der Waals surface area contributed by atoms with Crippen molar-refractivity contribution in [3.05, 3.63) is 48.6 Å². The number of carbonyl (C=O) groups excluding carboxylic acids is 3. The molecule has 0 bridgehead atoms. The molecule has 354 valence electrons. The summed E-state index contributed by atoms with van der Waals surface area (Å²) in [6, 6.07) is 0. The molecular formula is C55H98O6. The van der Waals surface area contributed by atoms with E-state index in [4.69, 9.17) is 14.2 Å². The van der Waals surface area contributed by atoms with E-state index >= 15 is 0 Å². The van der Waals surface area contributed by atoms with Gasteiger partial charge in [0.2, 0.25) is 0 Å². The number of allylic oxidation sites excluding steroid dienone is 8. The van der Waals surface area contributed by atoms with Crippen LogP contribution in [0.15, 0.2) is 48.6 Å². The van der Waals surface area contributed by atoms with Crippen LogP contribution < -0.4 is 0 Å². The first kappa shape index (κ1) is 58.4. The molecule has 0 spiro atoms. The van der Waals surface area contributed by atoms with E-state index in [1.54, 1.807) is 0 Å². The van der Waals surface area contributed by atoms with Crippen molar-refractivity contribution in [2.24, 2.45) is 0 Å². The van der Waals surface area contributed by atoms with Gasteiger partial charge in [-0.1, -0.05) is 217 Å². The van der Waals surface area contributed by atoms with Gasteiger partial charge >= 0.3 is 17.9 Å². The topological polar surface area (TPSA) is 78.9 Å². The van der Waals surface area contributed by atoms with Crippen LogP contribution in [0.4, 0.5) is 0 Å². The van der Waals surface area contributed by atoms with E-state index in [0.717, 1.165) is 103 Å². The quantitative estimate of drug-likeness (QED) is 0.0263. The number of rotatable bonds is 47. The third-order valence-corrected chi connectivity index (χ3v) is 11.3. The van der Waals surface area contributed by atoms with Gasteiger partial charge in [0.1, 0.15) is 13.2 Å². The molecule has 0 fully saturated rings. The molecule has 0 saturated heterocycles. The molecule has 0 rings (SSSR count). The largest absolute Gasteiger partial charge is 0.462 e. The summed E-state index contributed by atoms with van der Waals surface area (Å²) in [5.41, 5.74) is 0. The number of hydrogen-bond donors (Lipinski definition) is 0. The molecule has 0 aliphatic heterocycles. The molecule has 0 N–H and O–H groups in total. The monoisotopic (exact) mass is 855 g/mol.